The van der Waals surface area contributed by atoms with Crippen molar-refractivity contribution < 1.29 is 9.72 Å². The van der Waals surface area contributed by atoms with Crippen molar-refractivity contribution in [2.75, 3.05) is 18.4 Å². The fourth-order valence-electron chi connectivity index (χ4n) is 3.13. The smallest absolute Gasteiger partial charge is 0.293 e. The molecule has 1 amide bonds. The number of pyridine rings is 1. The van der Waals surface area contributed by atoms with Crippen LogP contribution in [-0.4, -0.2) is 34.9 Å². The molecule has 1 aliphatic heterocycles. The van der Waals surface area contributed by atoms with Gasteiger partial charge in [0.05, 0.1) is 16.7 Å². The lowest BCUT2D eigenvalue weighted by Gasteiger charge is -2.23. The third-order valence-electron chi connectivity index (χ3n) is 4.59. The van der Waals surface area contributed by atoms with E-state index in [1.807, 2.05) is 25.1 Å². The molecular weight excluding hydrogens is 417 g/mol. The number of halogens is 2. The number of rotatable bonds is 6. The Balaban J connectivity index is 0.00000210. The number of hydrogen-bond acceptors (Lipinski definition) is 6. The molecule has 1 fully saturated rings. The highest BCUT2D eigenvalue weighted by atomic mass is 35.5. The molecule has 1 aliphatic rings. The molecule has 0 aliphatic carbocycles. The molecule has 2 heterocycles. The average Bonchev–Trinajstić information content (AvgIpc) is 2.69. The lowest BCUT2D eigenvalue weighted by molar-refractivity contribution is -0.384. The number of benzene rings is 1. The van der Waals surface area contributed by atoms with Gasteiger partial charge in [0.15, 0.2) is 0 Å². The predicted molar refractivity (Wildman–Crippen MR) is 117 cm³/mol. The number of carbonyl (C=O) groups excluding carboxylic acids is 1. The molecule has 1 unspecified atom stereocenters. The normalized spacial score (nSPS) is 16.5. The summed E-state index contributed by atoms with van der Waals surface area (Å²) in [7, 11) is 0. The number of nitrogens with zero attached hydrogens (tertiary/aromatic N) is 2. The van der Waals surface area contributed by atoms with E-state index in [2.05, 4.69) is 20.9 Å². The first kappa shape index (κ1) is 24.6. The van der Waals surface area contributed by atoms with Crippen LogP contribution < -0.4 is 16.0 Å². The maximum absolute atomic E-state index is 12.5. The number of amides is 1. The number of nitro groups is 1. The van der Waals surface area contributed by atoms with Gasteiger partial charge in [-0.05, 0) is 50.6 Å². The zero-order valence-electron chi connectivity index (χ0n) is 16.0. The second-order valence-electron chi connectivity index (χ2n) is 6.63. The number of nitrogens with one attached hydrogen (secondary N) is 3. The van der Waals surface area contributed by atoms with E-state index in [0.29, 0.717) is 5.69 Å². The second-order valence-corrected chi connectivity index (χ2v) is 6.63. The van der Waals surface area contributed by atoms with Crippen molar-refractivity contribution in [3.63, 3.8) is 0 Å². The van der Waals surface area contributed by atoms with Gasteiger partial charge in [-0.3, -0.25) is 19.9 Å². The van der Waals surface area contributed by atoms with Crippen LogP contribution >= 0.6 is 24.8 Å². The van der Waals surface area contributed by atoms with Gasteiger partial charge in [-0.1, -0.05) is 6.07 Å². The summed E-state index contributed by atoms with van der Waals surface area (Å²) >= 11 is 0. The van der Waals surface area contributed by atoms with Gasteiger partial charge in [0.25, 0.3) is 11.6 Å². The maximum atomic E-state index is 12.5. The molecule has 10 heteroatoms. The summed E-state index contributed by atoms with van der Waals surface area (Å²) in [5, 5.41) is 20.8. The molecule has 0 bridgehead atoms. The molecule has 29 heavy (non-hydrogen) atoms. The Morgan fingerprint density at radius 3 is 2.72 bits per heavy atom. The number of anilines is 1. The van der Waals surface area contributed by atoms with Crippen molar-refractivity contribution in [1.82, 2.24) is 15.6 Å². The van der Waals surface area contributed by atoms with Crippen molar-refractivity contribution in [1.29, 1.82) is 0 Å². The molecule has 2 aromatic rings. The van der Waals surface area contributed by atoms with E-state index in [1.54, 1.807) is 18.3 Å². The monoisotopic (exact) mass is 441 g/mol. The van der Waals surface area contributed by atoms with Crippen molar-refractivity contribution in [3.8, 4) is 0 Å². The highest BCUT2D eigenvalue weighted by Crippen LogP contribution is 2.29. The predicted octanol–water partition coefficient (Wildman–Crippen LogP) is 3.49. The third kappa shape index (κ3) is 6.56. The summed E-state index contributed by atoms with van der Waals surface area (Å²) < 4.78 is 0. The lowest BCUT2D eigenvalue weighted by Crippen LogP contribution is -2.45. The molecule has 1 saturated heterocycles. The molecule has 3 rings (SSSR count). The number of carbonyl (C=O) groups is 1. The first-order valence-electron chi connectivity index (χ1n) is 9.02. The summed E-state index contributed by atoms with van der Waals surface area (Å²) in [6.45, 7) is 3.55. The van der Waals surface area contributed by atoms with Gasteiger partial charge in [-0.25, -0.2) is 0 Å². The third-order valence-corrected chi connectivity index (χ3v) is 4.59. The molecular formula is C19H25Cl2N5O3. The number of nitro benzene ring substituents is 1. The van der Waals surface area contributed by atoms with Crippen LogP contribution in [0, 0.1) is 10.1 Å². The zero-order chi connectivity index (χ0) is 19.2. The summed E-state index contributed by atoms with van der Waals surface area (Å²) in [5.74, 6) is -0.295. The van der Waals surface area contributed by atoms with Gasteiger partial charge in [-0.2, -0.15) is 0 Å². The molecule has 1 aromatic heterocycles. The van der Waals surface area contributed by atoms with Crippen LogP contribution in [0.3, 0.4) is 0 Å². The van der Waals surface area contributed by atoms with Crippen LogP contribution in [0.1, 0.15) is 41.9 Å². The summed E-state index contributed by atoms with van der Waals surface area (Å²) in [6, 6.07) is 9.86. The standard InChI is InChI=1S/C19H23N5O3.2ClH/c1-13(16-6-2-3-10-21-16)22-17-8-7-14(11-18(17)24(26)27)19(25)23-15-5-4-9-20-12-15;;/h2-3,6-8,10-11,13,15,20,22H,4-5,9,12H2,1H3,(H,23,25);2*1H/t13?,15-;;/m0../s1. The van der Waals surface area contributed by atoms with Gasteiger partial charge in [0.2, 0.25) is 0 Å². The van der Waals surface area contributed by atoms with E-state index < -0.39 is 4.92 Å². The van der Waals surface area contributed by atoms with Crippen LogP contribution in [0.2, 0.25) is 0 Å². The second kappa shape index (κ2) is 11.5. The largest absolute Gasteiger partial charge is 0.371 e. The first-order chi connectivity index (χ1) is 13.0. The van der Waals surface area contributed by atoms with Gasteiger partial charge < -0.3 is 16.0 Å². The van der Waals surface area contributed by atoms with Gasteiger partial charge in [-0.15, -0.1) is 24.8 Å². The van der Waals surface area contributed by atoms with Crippen LogP contribution in [0.4, 0.5) is 11.4 Å². The number of hydrogen-bond donors (Lipinski definition) is 3. The minimum atomic E-state index is -0.480. The van der Waals surface area contributed by atoms with Crippen LogP contribution in [0.25, 0.3) is 0 Å². The Hall–Kier alpha value is -2.42. The van der Waals surface area contributed by atoms with Gasteiger partial charge in [0, 0.05) is 30.4 Å². The molecule has 2 atom stereocenters. The minimum absolute atomic E-state index is 0. The van der Waals surface area contributed by atoms with E-state index >= 15 is 0 Å². The highest BCUT2D eigenvalue weighted by Gasteiger charge is 2.21. The first-order valence-corrected chi connectivity index (χ1v) is 9.02. The molecule has 158 valence electrons. The molecule has 0 radical (unpaired) electrons. The molecule has 0 spiro atoms. The van der Waals surface area contributed by atoms with E-state index in [9.17, 15) is 14.9 Å². The highest BCUT2D eigenvalue weighted by molar-refractivity contribution is 5.96. The molecule has 0 saturated carbocycles. The maximum Gasteiger partial charge on any atom is 0.293 e. The van der Waals surface area contributed by atoms with E-state index in [-0.39, 0.29) is 54.1 Å². The van der Waals surface area contributed by atoms with Crippen molar-refractivity contribution >= 4 is 42.1 Å². The molecule has 8 nitrogen and oxygen atoms in total. The minimum Gasteiger partial charge on any atom is -0.371 e. The summed E-state index contributed by atoms with van der Waals surface area (Å²) in [5.41, 5.74) is 1.28. The molecule has 1 aromatic carbocycles. The van der Waals surface area contributed by atoms with Crippen molar-refractivity contribution in [2.45, 2.75) is 31.8 Å². The Labute approximate surface area is 181 Å². The number of aromatic nitrogens is 1. The number of piperidine rings is 1. The van der Waals surface area contributed by atoms with Crippen LogP contribution in [0.5, 0.6) is 0 Å². The van der Waals surface area contributed by atoms with E-state index in [1.165, 1.54) is 6.07 Å². The molecule has 3 N–H and O–H groups in total. The van der Waals surface area contributed by atoms with Crippen molar-refractivity contribution in [3.05, 3.63) is 64.0 Å². The van der Waals surface area contributed by atoms with Gasteiger partial charge in [0.1, 0.15) is 5.69 Å². The Morgan fingerprint density at radius 2 is 2.10 bits per heavy atom. The van der Waals surface area contributed by atoms with Crippen LogP contribution in [-0.2, 0) is 0 Å². The SMILES string of the molecule is CC(Nc1ccc(C(=O)N[C@H]2CCCNC2)cc1[N+](=O)[O-])c1ccccn1.Cl.Cl. The zero-order valence-corrected chi connectivity index (χ0v) is 17.6. The Bertz CT molecular complexity index is 817. The summed E-state index contributed by atoms with van der Waals surface area (Å²) in [6.07, 6.45) is 3.58. The lowest BCUT2D eigenvalue weighted by atomic mass is 10.1. The van der Waals surface area contributed by atoms with Crippen LogP contribution in [0.15, 0.2) is 42.6 Å². The van der Waals surface area contributed by atoms with E-state index in [4.69, 9.17) is 0 Å². The van der Waals surface area contributed by atoms with E-state index in [0.717, 1.165) is 31.6 Å². The topological polar surface area (TPSA) is 109 Å². The fourth-order valence-corrected chi connectivity index (χ4v) is 3.13. The Morgan fingerprint density at radius 1 is 1.31 bits per heavy atom. The van der Waals surface area contributed by atoms with Gasteiger partial charge >= 0.3 is 0 Å². The Kier molecular flexibility index (Phi) is 9.80. The quantitative estimate of drug-likeness (QED) is 0.467. The average molecular weight is 442 g/mol. The van der Waals surface area contributed by atoms with Crippen molar-refractivity contribution in [2.24, 2.45) is 0 Å². The summed E-state index contributed by atoms with van der Waals surface area (Å²) in [4.78, 5) is 27.7. The fraction of sp³-hybridized carbons (Fsp3) is 0.368.